The molecule has 0 radical (unpaired) electrons. The first-order chi connectivity index (χ1) is 7.15. The van der Waals surface area contributed by atoms with E-state index in [9.17, 15) is 9.59 Å². The average molecular weight is 214 g/mol. The number of nitrogens with zero attached hydrogens (tertiary/aromatic N) is 1. The van der Waals surface area contributed by atoms with E-state index in [1.165, 1.54) is 0 Å². The van der Waals surface area contributed by atoms with Crippen LogP contribution in [-0.2, 0) is 9.59 Å². The second-order valence-electron chi connectivity index (χ2n) is 3.81. The van der Waals surface area contributed by atoms with Gasteiger partial charge in [-0.3, -0.25) is 14.5 Å². The first-order valence-electron chi connectivity index (χ1n) is 5.32. The van der Waals surface area contributed by atoms with E-state index in [2.05, 4.69) is 5.32 Å². The lowest BCUT2D eigenvalue weighted by Gasteiger charge is -2.33. The predicted molar refractivity (Wildman–Crippen MR) is 55.5 cm³/mol. The Hall–Kier alpha value is -1.10. The van der Waals surface area contributed by atoms with Crippen molar-refractivity contribution in [3.05, 3.63) is 0 Å². The van der Waals surface area contributed by atoms with Gasteiger partial charge in [-0.05, 0) is 19.4 Å². The highest BCUT2D eigenvalue weighted by atomic mass is 16.4. The molecule has 15 heavy (non-hydrogen) atoms. The van der Waals surface area contributed by atoms with Crippen molar-refractivity contribution in [2.45, 2.75) is 31.7 Å². The molecule has 0 saturated carbocycles. The molecular weight excluding hydrogens is 196 g/mol. The number of hydrogen-bond acceptors (Lipinski definition) is 3. The third-order valence-corrected chi connectivity index (χ3v) is 2.78. The number of hydrogen-bond donors (Lipinski definition) is 2. The summed E-state index contributed by atoms with van der Waals surface area (Å²) < 4.78 is 0. The molecule has 1 rings (SSSR count). The summed E-state index contributed by atoms with van der Waals surface area (Å²) in [6.45, 7) is 1.29. The van der Waals surface area contributed by atoms with E-state index in [0.717, 1.165) is 25.8 Å². The molecule has 1 aliphatic rings. The number of carbonyl (C=O) groups excluding carboxylic acids is 1. The average Bonchev–Trinajstić information content (AvgIpc) is 2.25. The van der Waals surface area contributed by atoms with Crippen molar-refractivity contribution in [3.8, 4) is 0 Å². The molecule has 1 fully saturated rings. The minimum atomic E-state index is -0.809. The fourth-order valence-electron chi connectivity index (χ4n) is 1.96. The summed E-state index contributed by atoms with van der Waals surface area (Å²) in [7, 11) is 1.62. The molecule has 0 aromatic heterocycles. The van der Waals surface area contributed by atoms with E-state index in [0.29, 0.717) is 6.54 Å². The Kier molecular flexibility index (Phi) is 4.55. The Balaban J connectivity index is 2.49. The van der Waals surface area contributed by atoms with Crippen molar-refractivity contribution in [1.29, 1.82) is 0 Å². The number of carbonyl (C=O) groups is 2. The summed E-state index contributed by atoms with van der Waals surface area (Å²) >= 11 is 0. The van der Waals surface area contributed by atoms with Crippen LogP contribution in [0.2, 0.25) is 0 Å². The minimum Gasteiger partial charge on any atom is -0.481 e. The molecule has 1 unspecified atom stereocenters. The van der Waals surface area contributed by atoms with Crippen LogP contribution >= 0.6 is 0 Å². The predicted octanol–water partition coefficient (Wildman–Crippen LogP) is 0.0616. The first kappa shape index (κ1) is 12.0. The van der Waals surface area contributed by atoms with Crippen molar-refractivity contribution in [1.82, 2.24) is 10.2 Å². The van der Waals surface area contributed by atoms with E-state index in [1.807, 2.05) is 4.90 Å². The molecule has 1 saturated heterocycles. The van der Waals surface area contributed by atoms with Crippen LogP contribution in [0.5, 0.6) is 0 Å². The molecule has 5 heteroatoms. The van der Waals surface area contributed by atoms with Crippen LogP contribution in [0.25, 0.3) is 0 Å². The monoisotopic (exact) mass is 214 g/mol. The third-order valence-electron chi connectivity index (χ3n) is 2.78. The number of rotatable bonds is 4. The highest BCUT2D eigenvalue weighted by molar-refractivity contribution is 5.81. The number of nitrogens with one attached hydrogen (secondary N) is 1. The van der Waals surface area contributed by atoms with Crippen molar-refractivity contribution < 1.29 is 14.7 Å². The second-order valence-corrected chi connectivity index (χ2v) is 3.81. The zero-order chi connectivity index (χ0) is 11.3. The van der Waals surface area contributed by atoms with Gasteiger partial charge in [-0.15, -0.1) is 0 Å². The molecule has 1 aliphatic heterocycles. The Bertz CT molecular complexity index is 243. The van der Waals surface area contributed by atoms with Gasteiger partial charge in [-0.25, -0.2) is 0 Å². The second kappa shape index (κ2) is 5.70. The van der Waals surface area contributed by atoms with E-state index >= 15 is 0 Å². The van der Waals surface area contributed by atoms with Crippen LogP contribution in [0.3, 0.4) is 0 Å². The number of carboxylic acid groups (broad SMARTS) is 1. The zero-order valence-corrected chi connectivity index (χ0v) is 9.03. The lowest BCUT2D eigenvalue weighted by molar-refractivity contribution is -0.138. The van der Waals surface area contributed by atoms with Gasteiger partial charge < -0.3 is 10.4 Å². The molecule has 1 amide bonds. The minimum absolute atomic E-state index is 0.0000822. The summed E-state index contributed by atoms with van der Waals surface area (Å²) in [6, 6.07) is -0.136. The Morgan fingerprint density at radius 1 is 1.47 bits per heavy atom. The summed E-state index contributed by atoms with van der Waals surface area (Å²) in [6.07, 6.45) is 3.03. The maximum absolute atomic E-state index is 11.5. The van der Waals surface area contributed by atoms with E-state index in [1.54, 1.807) is 7.05 Å². The standard InChI is InChI=1S/C10H18N2O3/c1-11-10(15)8-4-2-3-6-12(8)7-5-9(13)14/h8H,2-7H2,1H3,(H,11,15)(H,13,14). The summed E-state index contributed by atoms with van der Waals surface area (Å²) in [4.78, 5) is 24.0. The third kappa shape index (κ3) is 3.51. The van der Waals surface area contributed by atoms with Crippen molar-refractivity contribution >= 4 is 11.9 Å². The molecule has 2 N–H and O–H groups in total. The highest BCUT2D eigenvalue weighted by Gasteiger charge is 2.27. The number of aliphatic carboxylic acids is 1. The number of likely N-dealkylation sites (N-methyl/N-ethyl adjacent to an activating group) is 1. The van der Waals surface area contributed by atoms with Crippen LogP contribution in [-0.4, -0.2) is 48.1 Å². The lowest BCUT2D eigenvalue weighted by Crippen LogP contribution is -2.49. The van der Waals surface area contributed by atoms with E-state index in [-0.39, 0.29) is 18.4 Å². The maximum Gasteiger partial charge on any atom is 0.304 e. The van der Waals surface area contributed by atoms with E-state index in [4.69, 9.17) is 5.11 Å². The molecule has 0 aromatic carbocycles. The SMILES string of the molecule is CNC(=O)C1CCCCN1CCC(=O)O. The number of carboxylic acids is 1. The molecule has 86 valence electrons. The molecule has 0 aliphatic carbocycles. The number of likely N-dealkylation sites (tertiary alicyclic amines) is 1. The Morgan fingerprint density at radius 3 is 2.80 bits per heavy atom. The van der Waals surface area contributed by atoms with Crippen molar-refractivity contribution in [2.24, 2.45) is 0 Å². The molecule has 1 atom stereocenters. The van der Waals surface area contributed by atoms with Gasteiger partial charge in [-0.2, -0.15) is 0 Å². The molecule has 0 bridgehead atoms. The van der Waals surface area contributed by atoms with Crippen LogP contribution in [0, 0.1) is 0 Å². The summed E-state index contributed by atoms with van der Waals surface area (Å²) in [5, 5.41) is 11.2. The maximum atomic E-state index is 11.5. The van der Waals surface area contributed by atoms with Gasteiger partial charge in [-0.1, -0.05) is 6.42 Å². The Morgan fingerprint density at radius 2 is 2.20 bits per heavy atom. The first-order valence-corrected chi connectivity index (χ1v) is 5.32. The fourth-order valence-corrected chi connectivity index (χ4v) is 1.96. The smallest absolute Gasteiger partial charge is 0.304 e. The number of piperidine rings is 1. The zero-order valence-electron chi connectivity index (χ0n) is 9.03. The van der Waals surface area contributed by atoms with Crippen LogP contribution in [0.15, 0.2) is 0 Å². The fraction of sp³-hybridized carbons (Fsp3) is 0.800. The molecule has 0 aromatic rings. The molecule has 1 heterocycles. The number of amides is 1. The van der Waals surface area contributed by atoms with Gasteiger partial charge in [0, 0.05) is 13.6 Å². The van der Waals surface area contributed by atoms with Crippen LogP contribution < -0.4 is 5.32 Å². The van der Waals surface area contributed by atoms with Crippen LogP contribution in [0.1, 0.15) is 25.7 Å². The molecular formula is C10H18N2O3. The van der Waals surface area contributed by atoms with Gasteiger partial charge in [0.1, 0.15) is 0 Å². The normalized spacial score (nSPS) is 22.3. The van der Waals surface area contributed by atoms with Gasteiger partial charge in [0.2, 0.25) is 5.91 Å². The van der Waals surface area contributed by atoms with E-state index < -0.39 is 5.97 Å². The quantitative estimate of drug-likeness (QED) is 0.694. The molecule has 5 nitrogen and oxygen atoms in total. The highest BCUT2D eigenvalue weighted by Crippen LogP contribution is 2.17. The topological polar surface area (TPSA) is 69.6 Å². The molecule has 0 spiro atoms. The van der Waals surface area contributed by atoms with Crippen molar-refractivity contribution in [3.63, 3.8) is 0 Å². The van der Waals surface area contributed by atoms with Gasteiger partial charge in [0.25, 0.3) is 0 Å². The van der Waals surface area contributed by atoms with Gasteiger partial charge in [0.15, 0.2) is 0 Å². The Labute approximate surface area is 89.4 Å². The van der Waals surface area contributed by atoms with Crippen LogP contribution in [0.4, 0.5) is 0 Å². The van der Waals surface area contributed by atoms with Gasteiger partial charge >= 0.3 is 5.97 Å². The summed E-state index contributed by atoms with van der Waals surface area (Å²) in [5.74, 6) is -0.809. The lowest BCUT2D eigenvalue weighted by atomic mass is 10.0. The summed E-state index contributed by atoms with van der Waals surface area (Å²) in [5.41, 5.74) is 0. The largest absolute Gasteiger partial charge is 0.481 e. The van der Waals surface area contributed by atoms with Crippen molar-refractivity contribution in [2.75, 3.05) is 20.1 Å². The van der Waals surface area contributed by atoms with Gasteiger partial charge in [0.05, 0.1) is 12.5 Å².